The van der Waals surface area contributed by atoms with Gasteiger partial charge in [-0.15, -0.1) is 0 Å². The monoisotopic (exact) mass is 751 g/mol. The Morgan fingerprint density at radius 1 is 0.741 bits per heavy atom. The zero-order valence-electron chi connectivity index (χ0n) is 29.5. The van der Waals surface area contributed by atoms with Gasteiger partial charge in [0, 0.05) is 45.1 Å². The number of carbonyl (C=O) groups is 7. The number of amides is 3. The van der Waals surface area contributed by atoms with Gasteiger partial charge in [0.15, 0.2) is 24.5 Å². The smallest absolute Gasteiger partial charge is 0.407 e. The zero-order valence-corrected chi connectivity index (χ0v) is 29.5. The number of nitrogens with one attached hydrogen (secondary N) is 3. The number of anilines is 2. The van der Waals surface area contributed by atoms with E-state index in [0.29, 0.717) is 5.69 Å². The maximum absolute atomic E-state index is 13.3. The van der Waals surface area contributed by atoms with Crippen molar-refractivity contribution in [2.75, 3.05) is 23.8 Å². The molecule has 2 heterocycles. The van der Waals surface area contributed by atoms with E-state index in [1.807, 2.05) is 6.07 Å². The van der Waals surface area contributed by atoms with Gasteiger partial charge in [-0.2, -0.15) is 4.98 Å². The van der Waals surface area contributed by atoms with Crippen molar-refractivity contribution >= 4 is 53.3 Å². The minimum atomic E-state index is -1.56. The average Bonchev–Trinajstić information content (AvgIpc) is 3.11. The second kappa shape index (κ2) is 18.7. The van der Waals surface area contributed by atoms with Crippen LogP contribution in [0.3, 0.4) is 0 Å². The number of benzene rings is 2. The Morgan fingerprint density at radius 3 is 1.98 bits per heavy atom. The van der Waals surface area contributed by atoms with Gasteiger partial charge >= 0.3 is 35.7 Å². The Kier molecular flexibility index (Phi) is 13.9. The largest absolute Gasteiger partial charge is 0.463 e. The lowest BCUT2D eigenvalue weighted by Gasteiger charge is -2.44. The molecule has 54 heavy (non-hydrogen) atoms. The highest BCUT2D eigenvalue weighted by Gasteiger charge is 2.53. The minimum Gasteiger partial charge on any atom is -0.463 e. The molecule has 0 bridgehead atoms. The number of nitrogens with zero attached hydrogens (tertiary/aromatic N) is 2. The Labute approximate surface area is 307 Å². The summed E-state index contributed by atoms with van der Waals surface area (Å²) in [6.45, 7) is 3.46. The zero-order chi connectivity index (χ0) is 39.4. The van der Waals surface area contributed by atoms with Crippen molar-refractivity contribution in [2.45, 2.75) is 64.9 Å². The van der Waals surface area contributed by atoms with Crippen LogP contribution >= 0.6 is 0 Å². The molecule has 5 atom stereocenters. The van der Waals surface area contributed by atoms with E-state index in [4.69, 9.17) is 28.4 Å². The van der Waals surface area contributed by atoms with Gasteiger partial charge in [-0.1, -0.05) is 30.3 Å². The first-order valence-electron chi connectivity index (χ1n) is 16.3. The Morgan fingerprint density at radius 2 is 1.37 bits per heavy atom. The maximum atomic E-state index is 13.3. The molecule has 3 N–H and O–H groups in total. The molecule has 3 aromatic rings. The van der Waals surface area contributed by atoms with Crippen molar-refractivity contribution in [3.63, 3.8) is 0 Å². The SMILES string of the molecule is CC(=O)OC[C@H]1O[C@@H](n2ccc(NC(=O)c3ccc(NC(=O)CNC(=O)OCc4ccccc4)cc3)nc2=O)[C@H](OC(C)=O)[C@@H](OC(C)=O)[C@@H]1OC(C)=O. The van der Waals surface area contributed by atoms with Crippen LogP contribution in [-0.2, 0) is 59.0 Å². The number of rotatable bonds is 13. The lowest BCUT2D eigenvalue weighted by Crippen LogP contribution is -2.61. The Balaban J connectivity index is 1.43. The number of alkyl carbamates (subject to hydrolysis) is 1. The van der Waals surface area contributed by atoms with Crippen LogP contribution in [-0.4, -0.2) is 88.9 Å². The maximum Gasteiger partial charge on any atom is 0.407 e. The van der Waals surface area contributed by atoms with Gasteiger partial charge < -0.3 is 44.4 Å². The fourth-order valence-corrected chi connectivity index (χ4v) is 5.13. The molecule has 0 saturated carbocycles. The van der Waals surface area contributed by atoms with Gasteiger partial charge in [0.2, 0.25) is 5.91 Å². The van der Waals surface area contributed by atoms with Crippen molar-refractivity contribution in [1.29, 1.82) is 0 Å². The highest BCUT2D eigenvalue weighted by Crippen LogP contribution is 2.34. The van der Waals surface area contributed by atoms with Crippen molar-refractivity contribution in [3.05, 3.63) is 88.5 Å². The molecule has 1 aliphatic rings. The first-order valence-corrected chi connectivity index (χ1v) is 16.3. The summed E-state index contributed by atoms with van der Waals surface area (Å²) in [7, 11) is 0. The molecule has 0 spiro atoms. The van der Waals surface area contributed by atoms with E-state index in [2.05, 4.69) is 20.9 Å². The summed E-state index contributed by atoms with van der Waals surface area (Å²) in [5, 5.41) is 7.39. The first kappa shape index (κ1) is 40.1. The number of esters is 4. The summed E-state index contributed by atoms with van der Waals surface area (Å²) in [6.07, 6.45) is -6.99. The summed E-state index contributed by atoms with van der Waals surface area (Å²) in [4.78, 5) is 102. The fraction of sp³-hybridized carbons (Fsp3) is 0.343. The lowest BCUT2D eigenvalue weighted by molar-refractivity contribution is -0.269. The molecule has 19 heteroatoms. The minimum absolute atomic E-state index is 0.0365. The van der Waals surface area contributed by atoms with Crippen LogP contribution in [0.5, 0.6) is 0 Å². The summed E-state index contributed by atoms with van der Waals surface area (Å²) in [5.74, 6) is -4.66. The highest BCUT2D eigenvalue weighted by molar-refractivity contribution is 6.04. The third-order valence-corrected chi connectivity index (χ3v) is 7.35. The van der Waals surface area contributed by atoms with E-state index in [1.165, 1.54) is 30.3 Å². The molecule has 1 aliphatic heterocycles. The predicted molar refractivity (Wildman–Crippen MR) is 183 cm³/mol. The van der Waals surface area contributed by atoms with Crippen LogP contribution in [0.4, 0.5) is 16.3 Å². The highest BCUT2D eigenvalue weighted by atomic mass is 16.7. The molecule has 0 aliphatic carbocycles. The number of carbonyl (C=O) groups excluding carboxylic acids is 7. The second-order valence-corrected chi connectivity index (χ2v) is 11.6. The molecule has 1 saturated heterocycles. The summed E-state index contributed by atoms with van der Waals surface area (Å²) >= 11 is 0. The topological polar surface area (TPSA) is 246 Å². The fourth-order valence-electron chi connectivity index (χ4n) is 5.13. The third kappa shape index (κ3) is 11.7. The molecular formula is C35H37N5O14. The van der Waals surface area contributed by atoms with E-state index in [1.54, 1.807) is 24.3 Å². The Hall–Kier alpha value is -6.63. The van der Waals surface area contributed by atoms with Gasteiger partial charge in [-0.05, 0) is 35.9 Å². The number of ether oxygens (including phenoxy) is 6. The molecule has 286 valence electrons. The molecule has 0 radical (unpaired) electrons. The molecule has 19 nitrogen and oxygen atoms in total. The normalized spacial score (nSPS) is 18.9. The van der Waals surface area contributed by atoms with E-state index >= 15 is 0 Å². The van der Waals surface area contributed by atoms with E-state index < -0.39 is 84.7 Å². The Bertz CT molecular complexity index is 1920. The van der Waals surface area contributed by atoms with Crippen LogP contribution in [0, 0.1) is 0 Å². The van der Waals surface area contributed by atoms with Crippen LogP contribution in [0.15, 0.2) is 71.7 Å². The van der Waals surface area contributed by atoms with Crippen LogP contribution in [0.2, 0.25) is 0 Å². The quantitative estimate of drug-likeness (QED) is 0.166. The van der Waals surface area contributed by atoms with Crippen LogP contribution in [0.25, 0.3) is 0 Å². The third-order valence-electron chi connectivity index (χ3n) is 7.35. The molecule has 0 unspecified atom stereocenters. The average molecular weight is 752 g/mol. The molecule has 4 rings (SSSR count). The van der Waals surface area contributed by atoms with E-state index in [-0.39, 0.29) is 24.5 Å². The van der Waals surface area contributed by atoms with Crippen molar-refractivity contribution in [3.8, 4) is 0 Å². The van der Waals surface area contributed by atoms with Gasteiger partial charge in [0.05, 0.1) is 0 Å². The molecule has 1 fully saturated rings. The predicted octanol–water partition coefficient (Wildman–Crippen LogP) is 1.62. The molecular weight excluding hydrogens is 714 g/mol. The number of hydrogen-bond acceptors (Lipinski definition) is 15. The first-order chi connectivity index (χ1) is 25.7. The van der Waals surface area contributed by atoms with Gasteiger partial charge in [0.1, 0.15) is 31.7 Å². The molecule has 2 aromatic carbocycles. The second-order valence-electron chi connectivity index (χ2n) is 11.6. The van der Waals surface area contributed by atoms with Crippen molar-refractivity contribution < 1.29 is 62.0 Å². The van der Waals surface area contributed by atoms with Gasteiger partial charge in [-0.25, -0.2) is 9.59 Å². The van der Waals surface area contributed by atoms with E-state index in [0.717, 1.165) is 44.0 Å². The molecule has 1 aromatic heterocycles. The number of aromatic nitrogens is 2. The van der Waals surface area contributed by atoms with Gasteiger partial charge in [0.25, 0.3) is 5.91 Å². The summed E-state index contributed by atoms with van der Waals surface area (Å²) in [6, 6.07) is 15.9. The van der Waals surface area contributed by atoms with E-state index in [9.17, 15) is 38.4 Å². The van der Waals surface area contributed by atoms with Gasteiger partial charge in [-0.3, -0.25) is 33.3 Å². The van der Waals surface area contributed by atoms with Crippen molar-refractivity contribution in [2.24, 2.45) is 0 Å². The van der Waals surface area contributed by atoms with Crippen molar-refractivity contribution in [1.82, 2.24) is 14.9 Å². The number of hydrogen-bond donors (Lipinski definition) is 3. The standard InChI is InChI=1S/C35H37N5O14/c1-19(41)49-18-26-29(51-20(2)42)30(52-21(3)43)31(53-22(4)44)33(54-26)40-15-14-27(39-34(40)47)38-32(46)24-10-12-25(13-11-24)37-28(45)16-36-35(48)50-17-23-8-6-5-7-9-23/h5-15,26,29-31,33H,16-18H2,1-4H3,(H,36,48)(H,37,45)(H,38,39,46,47)/t26-,29-,30+,31-,33-/m1/s1. The molecule has 3 amide bonds. The lowest BCUT2D eigenvalue weighted by atomic mass is 9.97. The van der Waals surface area contributed by atoms with Crippen LogP contribution < -0.4 is 21.6 Å². The van der Waals surface area contributed by atoms with Crippen LogP contribution in [0.1, 0.15) is 49.8 Å². The summed E-state index contributed by atoms with van der Waals surface area (Å²) in [5.41, 5.74) is 0.219. The summed E-state index contributed by atoms with van der Waals surface area (Å²) < 4.78 is 33.1.